The number of nitrogens with two attached hydrogens (primary N) is 1. The van der Waals surface area contributed by atoms with E-state index in [1.165, 1.54) is 11.8 Å². The topological polar surface area (TPSA) is 125 Å². The maximum atomic E-state index is 12.5. The van der Waals surface area contributed by atoms with Crippen LogP contribution in [0.25, 0.3) is 17.1 Å². The predicted molar refractivity (Wildman–Crippen MR) is 125 cm³/mol. The molecule has 2 aromatic carbocycles. The van der Waals surface area contributed by atoms with Gasteiger partial charge in [-0.3, -0.25) is 19.1 Å². The number of benzene rings is 2. The molecule has 33 heavy (non-hydrogen) atoms. The van der Waals surface area contributed by atoms with E-state index in [4.69, 9.17) is 10.5 Å². The third-order valence-electron chi connectivity index (χ3n) is 4.69. The van der Waals surface area contributed by atoms with Crippen LogP contribution in [0.3, 0.4) is 0 Å². The molecule has 4 rings (SSSR count). The van der Waals surface area contributed by atoms with E-state index in [0.29, 0.717) is 22.2 Å². The Bertz CT molecular complexity index is 1260. The highest BCUT2D eigenvalue weighted by atomic mass is 32.2. The number of methoxy groups -OCH3 is 1. The van der Waals surface area contributed by atoms with Crippen molar-refractivity contribution in [2.24, 2.45) is 5.73 Å². The molecule has 0 fully saturated rings. The van der Waals surface area contributed by atoms with Crippen LogP contribution in [-0.4, -0.2) is 44.4 Å². The lowest BCUT2D eigenvalue weighted by Crippen LogP contribution is -2.15. The molecular weight excluding hydrogens is 440 g/mol. The molecule has 2 amide bonds. The molecule has 0 aliphatic carbocycles. The molecule has 0 bridgehead atoms. The molecule has 0 aliphatic rings. The van der Waals surface area contributed by atoms with Crippen molar-refractivity contribution < 1.29 is 14.3 Å². The van der Waals surface area contributed by atoms with Gasteiger partial charge in [0.15, 0.2) is 11.0 Å². The summed E-state index contributed by atoms with van der Waals surface area (Å²) in [6.07, 6.45) is 3.37. The molecule has 0 saturated heterocycles. The lowest BCUT2D eigenvalue weighted by atomic mass is 10.2. The zero-order valence-electron chi connectivity index (χ0n) is 17.6. The fourth-order valence-corrected chi connectivity index (χ4v) is 3.81. The van der Waals surface area contributed by atoms with Gasteiger partial charge in [0, 0.05) is 34.9 Å². The average molecular weight is 461 g/mol. The van der Waals surface area contributed by atoms with Gasteiger partial charge in [0.05, 0.1) is 12.9 Å². The number of aromatic nitrogens is 4. The van der Waals surface area contributed by atoms with Gasteiger partial charge in [-0.15, -0.1) is 10.2 Å². The largest absolute Gasteiger partial charge is 0.497 e. The molecule has 0 radical (unpaired) electrons. The van der Waals surface area contributed by atoms with E-state index in [2.05, 4.69) is 20.5 Å². The number of carbonyl (C=O) groups is 2. The van der Waals surface area contributed by atoms with Crippen molar-refractivity contribution in [3.8, 4) is 22.8 Å². The van der Waals surface area contributed by atoms with Crippen molar-refractivity contribution in [1.82, 2.24) is 19.7 Å². The molecule has 0 saturated carbocycles. The predicted octanol–water partition coefficient (Wildman–Crippen LogP) is 3.17. The van der Waals surface area contributed by atoms with Gasteiger partial charge in [0.2, 0.25) is 11.8 Å². The summed E-state index contributed by atoms with van der Waals surface area (Å²) < 4.78 is 7.14. The number of rotatable bonds is 8. The summed E-state index contributed by atoms with van der Waals surface area (Å²) >= 11 is 1.26. The fraction of sp³-hybridized carbons (Fsp3) is 0.0870. The first-order valence-electron chi connectivity index (χ1n) is 9.88. The fourth-order valence-electron chi connectivity index (χ4n) is 3.06. The maximum absolute atomic E-state index is 12.5. The number of hydrogen-bond donors (Lipinski definition) is 2. The van der Waals surface area contributed by atoms with E-state index < -0.39 is 5.91 Å². The van der Waals surface area contributed by atoms with Crippen molar-refractivity contribution >= 4 is 29.3 Å². The van der Waals surface area contributed by atoms with Crippen molar-refractivity contribution in [3.63, 3.8) is 0 Å². The lowest BCUT2D eigenvalue weighted by Gasteiger charge is -2.11. The van der Waals surface area contributed by atoms with E-state index in [1.54, 1.807) is 43.8 Å². The molecule has 0 spiro atoms. The minimum Gasteiger partial charge on any atom is -0.497 e. The summed E-state index contributed by atoms with van der Waals surface area (Å²) in [4.78, 5) is 27.8. The number of nitrogens with one attached hydrogen (secondary N) is 1. The minimum absolute atomic E-state index is 0.113. The molecule has 0 atom stereocenters. The maximum Gasteiger partial charge on any atom is 0.248 e. The molecule has 0 aliphatic heterocycles. The Hall–Kier alpha value is -4.18. The highest BCUT2D eigenvalue weighted by Gasteiger charge is 2.17. The summed E-state index contributed by atoms with van der Waals surface area (Å²) in [6, 6.07) is 17.6. The van der Waals surface area contributed by atoms with Crippen LogP contribution in [0.2, 0.25) is 0 Å². The summed E-state index contributed by atoms with van der Waals surface area (Å²) in [5, 5.41) is 12.0. The Labute approximate surface area is 194 Å². The number of hydrogen-bond acceptors (Lipinski definition) is 7. The zero-order chi connectivity index (χ0) is 23.2. The molecule has 9 nitrogen and oxygen atoms in total. The van der Waals surface area contributed by atoms with Gasteiger partial charge in [0.25, 0.3) is 0 Å². The van der Waals surface area contributed by atoms with Gasteiger partial charge in [-0.2, -0.15) is 0 Å². The van der Waals surface area contributed by atoms with E-state index >= 15 is 0 Å². The van der Waals surface area contributed by atoms with Crippen LogP contribution in [0.4, 0.5) is 5.69 Å². The molecular formula is C23H20N6O3S. The number of anilines is 1. The van der Waals surface area contributed by atoms with Gasteiger partial charge in [-0.1, -0.05) is 11.8 Å². The SMILES string of the molecule is COc1ccc(-n2c(SCC(=O)Nc3ccc(C(N)=O)cc3)nnc2-c2ccncc2)cc1. The highest BCUT2D eigenvalue weighted by molar-refractivity contribution is 7.99. The van der Waals surface area contributed by atoms with Crippen molar-refractivity contribution in [2.75, 3.05) is 18.2 Å². The molecule has 3 N–H and O–H groups in total. The first kappa shape index (κ1) is 22.0. The normalized spacial score (nSPS) is 10.6. The van der Waals surface area contributed by atoms with Crippen LogP contribution in [0.5, 0.6) is 5.75 Å². The van der Waals surface area contributed by atoms with E-state index in [-0.39, 0.29) is 11.7 Å². The van der Waals surface area contributed by atoms with Crippen LogP contribution in [-0.2, 0) is 4.79 Å². The van der Waals surface area contributed by atoms with E-state index in [1.807, 2.05) is 41.0 Å². The van der Waals surface area contributed by atoms with Gasteiger partial charge in [-0.05, 0) is 60.7 Å². The Morgan fingerprint density at radius 3 is 2.33 bits per heavy atom. The van der Waals surface area contributed by atoms with E-state index in [9.17, 15) is 9.59 Å². The number of amides is 2. The Morgan fingerprint density at radius 1 is 1.00 bits per heavy atom. The first-order valence-corrected chi connectivity index (χ1v) is 10.9. The van der Waals surface area contributed by atoms with Gasteiger partial charge < -0.3 is 15.8 Å². The van der Waals surface area contributed by atoms with Crippen LogP contribution in [0.15, 0.2) is 78.2 Å². The standard InChI is InChI=1S/C23H20N6O3S/c1-32-19-8-6-18(7-9-19)29-22(16-10-12-25-13-11-16)27-28-23(29)33-14-20(30)26-17-4-2-15(3-5-17)21(24)31/h2-13H,14H2,1H3,(H2,24,31)(H,26,30). The molecule has 0 unspecified atom stereocenters. The van der Waals surface area contributed by atoms with Crippen LogP contribution in [0, 0.1) is 0 Å². The molecule has 10 heteroatoms. The second-order valence-corrected chi connectivity index (χ2v) is 7.80. The number of ether oxygens (including phenoxy) is 1. The Kier molecular flexibility index (Phi) is 6.65. The Morgan fingerprint density at radius 2 is 1.70 bits per heavy atom. The molecule has 4 aromatic rings. The van der Waals surface area contributed by atoms with Gasteiger partial charge >= 0.3 is 0 Å². The van der Waals surface area contributed by atoms with Crippen LogP contribution < -0.4 is 15.8 Å². The Balaban J connectivity index is 1.55. The first-order chi connectivity index (χ1) is 16.0. The highest BCUT2D eigenvalue weighted by Crippen LogP contribution is 2.28. The second kappa shape index (κ2) is 9.96. The summed E-state index contributed by atoms with van der Waals surface area (Å²) in [6.45, 7) is 0. The van der Waals surface area contributed by atoms with Crippen LogP contribution >= 0.6 is 11.8 Å². The van der Waals surface area contributed by atoms with Crippen molar-refractivity contribution in [1.29, 1.82) is 0 Å². The number of thioether (sulfide) groups is 1. The average Bonchev–Trinajstić information content (AvgIpc) is 3.27. The summed E-state index contributed by atoms with van der Waals surface area (Å²) in [7, 11) is 1.61. The molecule has 2 aromatic heterocycles. The molecule has 166 valence electrons. The number of primary amides is 1. The monoisotopic (exact) mass is 460 g/mol. The number of carbonyl (C=O) groups excluding carboxylic acids is 2. The van der Waals surface area contributed by atoms with Crippen molar-refractivity contribution in [3.05, 3.63) is 78.6 Å². The third kappa shape index (κ3) is 5.18. The van der Waals surface area contributed by atoms with Gasteiger partial charge in [0.1, 0.15) is 5.75 Å². The third-order valence-corrected chi connectivity index (χ3v) is 5.62. The minimum atomic E-state index is -0.522. The number of nitrogens with zero attached hydrogens (tertiary/aromatic N) is 4. The van der Waals surface area contributed by atoms with Gasteiger partial charge in [-0.25, -0.2) is 0 Å². The summed E-state index contributed by atoms with van der Waals surface area (Å²) in [5.41, 5.74) is 7.86. The second-order valence-electron chi connectivity index (χ2n) is 6.85. The van der Waals surface area contributed by atoms with E-state index in [0.717, 1.165) is 17.0 Å². The number of pyridine rings is 1. The smallest absolute Gasteiger partial charge is 0.248 e. The quantitative estimate of drug-likeness (QED) is 0.387. The summed E-state index contributed by atoms with van der Waals surface area (Å²) in [5.74, 6) is 0.732. The molecule has 2 heterocycles. The van der Waals surface area contributed by atoms with Crippen molar-refractivity contribution in [2.45, 2.75) is 5.16 Å². The van der Waals surface area contributed by atoms with Crippen LogP contribution in [0.1, 0.15) is 10.4 Å². The zero-order valence-corrected chi connectivity index (χ0v) is 18.5. The lowest BCUT2D eigenvalue weighted by molar-refractivity contribution is -0.113.